The van der Waals surface area contributed by atoms with Gasteiger partial charge in [-0.3, -0.25) is 9.59 Å². The Morgan fingerprint density at radius 2 is 2.09 bits per heavy atom. The van der Waals surface area contributed by atoms with Gasteiger partial charge in [0.05, 0.1) is 34.6 Å². The van der Waals surface area contributed by atoms with Crippen LogP contribution in [0.4, 0.5) is 10.1 Å². The van der Waals surface area contributed by atoms with Crippen LogP contribution in [0.3, 0.4) is 0 Å². The van der Waals surface area contributed by atoms with E-state index in [0.29, 0.717) is 59.7 Å². The number of hydrogen-bond acceptors (Lipinski definition) is 8. The number of aromatic nitrogens is 4. The van der Waals surface area contributed by atoms with E-state index in [9.17, 15) is 18.8 Å². The number of ether oxygens (including phenoxy) is 1. The molecule has 0 aliphatic carbocycles. The summed E-state index contributed by atoms with van der Waals surface area (Å²) in [6.45, 7) is 0.739. The zero-order valence-electron chi connectivity index (χ0n) is 18.3. The number of nitrogens with zero attached hydrogens (tertiary/aromatic N) is 4. The first-order valence-corrected chi connectivity index (χ1v) is 11.1. The average Bonchev–Trinajstić information content (AvgIpc) is 3.42. The van der Waals surface area contributed by atoms with Gasteiger partial charge in [-0.25, -0.2) is 14.2 Å². The number of rotatable bonds is 6. The van der Waals surface area contributed by atoms with E-state index in [2.05, 4.69) is 20.7 Å². The van der Waals surface area contributed by atoms with Gasteiger partial charge in [-0.15, -0.1) is 5.10 Å². The molecule has 4 aromatic rings. The first-order valence-electron chi connectivity index (χ1n) is 11.1. The van der Waals surface area contributed by atoms with Crippen molar-refractivity contribution >= 4 is 22.6 Å². The van der Waals surface area contributed by atoms with Crippen molar-refractivity contribution in [1.29, 1.82) is 0 Å². The molecule has 11 nitrogen and oxygen atoms in total. The Hall–Kier alpha value is -4.32. The quantitative estimate of drug-likeness (QED) is 0.396. The minimum atomic E-state index is -0.650. The van der Waals surface area contributed by atoms with Crippen molar-refractivity contribution in [2.45, 2.75) is 25.4 Å². The van der Waals surface area contributed by atoms with E-state index in [0.717, 1.165) is 4.68 Å². The lowest BCUT2D eigenvalue weighted by Gasteiger charge is -2.18. The fourth-order valence-corrected chi connectivity index (χ4v) is 4.52. The van der Waals surface area contributed by atoms with Gasteiger partial charge in [-0.2, -0.15) is 4.68 Å². The number of halogens is 1. The first-order chi connectivity index (χ1) is 17.0. The lowest BCUT2D eigenvalue weighted by atomic mass is 10.1. The molecule has 0 bridgehead atoms. The number of amides is 1. The molecule has 0 spiro atoms. The molecule has 6 rings (SSSR count). The molecule has 0 saturated heterocycles. The molecule has 1 atom stereocenters. The maximum atomic E-state index is 14.6. The maximum absolute atomic E-state index is 14.6. The Bertz CT molecular complexity index is 1610. The first kappa shape index (κ1) is 21.2. The summed E-state index contributed by atoms with van der Waals surface area (Å²) in [5, 5.41) is 10.2. The van der Waals surface area contributed by atoms with Crippen LogP contribution in [0.25, 0.3) is 16.7 Å². The summed E-state index contributed by atoms with van der Waals surface area (Å²) in [6.07, 6.45) is 2.17. The van der Waals surface area contributed by atoms with Gasteiger partial charge in [0.15, 0.2) is 6.61 Å². The highest BCUT2D eigenvalue weighted by Gasteiger charge is 2.28. The number of fused-ring (bicyclic) bond motifs is 1. The lowest BCUT2D eigenvalue weighted by molar-refractivity contribution is -0.118. The summed E-state index contributed by atoms with van der Waals surface area (Å²) in [6, 6.07) is 7.44. The Kier molecular flexibility index (Phi) is 4.95. The van der Waals surface area contributed by atoms with Crippen LogP contribution in [-0.2, 0) is 17.8 Å². The largest absolute Gasteiger partial charge is 0.482 e. The van der Waals surface area contributed by atoms with Gasteiger partial charge in [0.25, 0.3) is 11.5 Å². The van der Waals surface area contributed by atoms with E-state index in [4.69, 9.17) is 9.15 Å². The standard InChI is InChI=1S/C23H19FN6O5/c24-13-4-5-14-22-21(13)16(10-29(22)20(32)9-26-14)25-7-1-2-19-28-30(23(33)35-19)12-3-6-17-15(8-12)27-18(31)11-34-17/h3-6,8-9,16,25H,1-2,7,10-11H2,(H,27,31)/t16-/m0/s1. The predicted octanol–water partition coefficient (Wildman–Crippen LogP) is 1.28. The summed E-state index contributed by atoms with van der Waals surface area (Å²) >= 11 is 0. The smallest absolute Gasteiger partial charge is 0.441 e. The Morgan fingerprint density at radius 1 is 1.20 bits per heavy atom. The minimum Gasteiger partial charge on any atom is -0.482 e. The molecule has 2 aliphatic heterocycles. The van der Waals surface area contributed by atoms with Crippen molar-refractivity contribution in [3.63, 3.8) is 0 Å². The van der Waals surface area contributed by atoms with Crippen LogP contribution in [0.2, 0.25) is 0 Å². The number of nitrogens with one attached hydrogen (secondary N) is 2. The monoisotopic (exact) mass is 478 g/mol. The number of aryl methyl sites for hydroxylation is 1. The summed E-state index contributed by atoms with van der Waals surface area (Å²) in [7, 11) is 0. The normalized spacial score (nSPS) is 16.3. The predicted molar refractivity (Wildman–Crippen MR) is 121 cm³/mol. The Balaban J connectivity index is 1.13. The third-order valence-electron chi connectivity index (χ3n) is 6.09. The number of benzene rings is 2. The number of hydrogen-bond donors (Lipinski definition) is 2. The van der Waals surface area contributed by atoms with Crippen LogP contribution in [-0.4, -0.2) is 38.4 Å². The van der Waals surface area contributed by atoms with Crippen molar-refractivity contribution < 1.29 is 18.3 Å². The fourth-order valence-electron chi connectivity index (χ4n) is 4.52. The topological polar surface area (TPSA) is 133 Å². The highest BCUT2D eigenvalue weighted by atomic mass is 19.1. The Morgan fingerprint density at radius 3 is 2.97 bits per heavy atom. The van der Waals surface area contributed by atoms with Crippen molar-refractivity contribution in [1.82, 2.24) is 24.6 Å². The van der Waals surface area contributed by atoms with Crippen LogP contribution in [0.5, 0.6) is 5.75 Å². The van der Waals surface area contributed by atoms with E-state index < -0.39 is 5.76 Å². The molecule has 0 unspecified atom stereocenters. The molecule has 2 aromatic heterocycles. The third-order valence-corrected chi connectivity index (χ3v) is 6.09. The van der Waals surface area contributed by atoms with Gasteiger partial charge in [-0.1, -0.05) is 0 Å². The van der Waals surface area contributed by atoms with E-state index in [1.54, 1.807) is 24.3 Å². The summed E-state index contributed by atoms with van der Waals surface area (Å²) in [5.41, 5.74) is 2.14. The average molecular weight is 478 g/mol. The summed E-state index contributed by atoms with van der Waals surface area (Å²) < 4.78 is 27.8. The molecule has 2 aliphatic rings. The van der Waals surface area contributed by atoms with Crippen molar-refractivity contribution in [2.75, 3.05) is 18.5 Å². The van der Waals surface area contributed by atoms with E-state index in [-0.39, 0.29) is 35.8 Å². The highest BCUT2D eigenvalue weighted by Crippen LogP contribution is 2.32. The van der Waals surface area contributed by atoms with Gasteiger partial charge in [-0.05, 0) is 43.3 Å². The van der Waals surface area contributed by atoms with Gasteiger partial charge in [0.2, 0.25) is 5.89 Å². The molecule has 0 radical (unpaired) electrons. The highest BCUT2D eigenvalue weighted by molar-refractivity contribution is 5.95. The van der Waals surface area contributed by atoms with E-state index in [1.165, 1.54) is 16.8 Å². The molecular weight excluding hydrogens is 459 g/mol. The summed E-state index contributed by atoms with van der Waals surface area (Å²) in [5.74, 6) is -0.556. The zero-order valence-corrected chi connectivity index (χ0v) is 18.3. The zero-order chi connectivity index (χ0) is 24.1. The second-order valence-corrected chi connectivity index (χ2v) is 8.34. The molecule has 178 valence electrons. The number of carbonyl (C=O) groups is 1. The van der Waals surface area contributed by atoms with Gasteiger partial charge < -0.3 is 24.4 Å². The molecule has 35 heavy (non-hydrogen) atoms. The molecule has 12 heteroatoms. The lowest BCUT2D eigenvalue weighted by Crippen LogP contribution is -2.26. The molecule has 1 amide bonds. The van der Waals surface area contributed by atoms with Crippen molar-refractivity contribution in [3.8, 4) is 11.4 Å². The maximum Gasteiger partial charge on any atom is 0.441 e. The molecule has 0 fully saturated rings. The fraction of sp³-hybridized carbons (Fsp3) is 0.261. The summed E-state index contributed by atoms with van der Waals surface area (Å²) in [4.78, 5) is 40.2. The van der Waals surface area contributed by atoms with Crippen LogP contribution in [0.15, 0.2) is 50.5 Å². The third kappa shape index (κ3) is 3.67. The van der Waals surface area contributed by atoms with Crippen LogP contribution in [0, 0.1) is 5.82 Å². The number of carbonyl (C=O) groups excluding carboxylic acids is 1. The molecule has 0 saturated carbocycles. The van der Waals surface area contributed by atoms with Gasteiger partial charge in [0, 0.05) is 18.5 Å². The Labute approximate surface area is 196 Å². The van der Waals surface area contributed by atoms with Crippen molar-refractivity contribution in [3.05, 3.63) is 74.7 Å². The van der Waals surface area contributed by atoms with Gasteiger partial charge in [0.1, 0.15) is 11.6 Å². The number of anilines is 1. The second-order valence-electron chi connectivity index (χ2n) is 8.34. The van der Waals surface area contributed by atoms with Gasteiger partial charge >= 0.3 is 5.76 Å². The van der Waals surface area contributed by atoms with Crippen LogP contribution < -0.4 is 26.7 Å². The molecular formula is C23H19FN6O5. The second kappa shape index (κ2) is 8.17. The van der Waals surface area contributed by atoms with Crippen LogP contribution in [0.1, 0.15) is 23.9 Å². The van der Waals surface area contributed by atoms with Crippen molar-refractivity contribution in [2.24, 2.45) is 0 Å². The van der Waals surface area contributed by atoms with E-state index in [1.807, 2.05) is 0 Å². The molecule has 4 heterocycles. The van der Waals surface area contributed by atoms with E-state index >= 15 is 0 Å². The molecule has 2 aromatic carbocycles. The SMILES string of the molecule is O=C1COc2ccc(-n3nc(CCCN[C@H]4Cn5c(=O)cnc6ccc(F)c4c65)oc3=O)cc2N1. The minimum absolute atomic E-state index is 0.0587. The van der Waals surface area contributed by atoms with Crippen LogP contribution >= 0.6 is 0 Å². The molecule has 2 N–H and O–H groups in total.